The van der Waals surface area contributed by atoms with Crippen molar-refractivity contribution in [3.63, 3.8) is 0 Å². The summed E-state index contributed by atoms with van der Waals surface area (Å²) in [6.07, 6.45) is 2.55. The lowest BCUT2D eigenvalue weighted by atomic mass is 9.96. The second-order valence-corrected chi connectivity index (χ2v) is 6.18. The topological polar surface area (TPSA) is 70.0 Å². The molecule has 0 amide bonds. The number of piperidine rings is 1. The number of carbonyl (C=O) groups is 1. The van der Waals surface area contributed by atoms with Gasteiger partial charge in [0, 0.05) is 6.54 Å². The van der Waals surface area contributed by atoms with Crippen LogP contribution < -0.4 is 4.74 Å². The van der Waals surface area contributed by atoms with Crippen molar-refractivity contribution in [3.8, 4) is 5.75 Å². The molecule has 1 unspecified atom stereocenters. The molecule has 128 valence electrons. The van der Waals surface area contributed by atoms with Gasteiger partial charge in [0.15, 0.2) is 0 Å². The van der Waals surface area contributed by atoms with Crippen molar-refractivity contribution >= 4 is 5.97 Å². The van der Waals surface area contributed by atoms with Crippen molar-refractivity contribution in [1.82, 2.24) is 4.90 Å². The largest absolute Gasteiger partial charge is 0.494 e. The first-order valence-corrected chi connectivity index (χ1v) is 8.46. The van der Waals surface area contributed by atoms with Crippen LogP contribution in [0.25, 0.3) is 0 Å². The molecule has 5 heteroatoms. The van der Waals surface area contributed by atoms with Crippen molar-refractivity contribution in [1.29, 1.82) is 0 Å². The number of carboxylic acids is 1. The summed E-state index contributed by atoms with van der Waals surface area (Å²) in [7, 11) is 0. The van der Waals surface area contributed by atoms with Gasteiger partial charge in [0.25, 0.3) is 0 Å². The first-order chi connectivity index (χ1) is 11.1. The fraction of sp³-hybridized carbons (Fsp3) is 0.611. The second kappa shape index (κ2) is 8.89. The Morgan fingerprint density at radius 3 is 2.52 bits per heavy atom. The summed E-state index contributed by atoms with van der Waals surface area (Å²) < 4.78 is 5.54. The molecule has 0 aromatic heterocycles. The first-order valence-electron chi connectivity index (χ1n) is 8.46. The molecule has 1 aliphatic rings. The summed E-state index contributed by atoms with van der Waals surface area (Å²) in [5, 5.41) is 19.3. The van der Waals surface area contributed by atoms with Crippen LogP contribution in [0.4, 0.5) is 0 Å². The van der Waals surface area contributed by atoms with Gasteiger partial charge in [0.1, 0.15) is 5.75 Å². The van der Waals surface area contributed by atoms with E-state index in [0.29, 0.717) is 25.9 Å². The number of nitrogens with zero attached hydrogens (tertiary/aromatic N) is 1. The third kappa shape index (κ3) is 5.52. The number of benzene rings is 1. The minimum atomic E-state index is -0.685. The SMILES string of the molecule is CCCOc1ccc(C(O)CCN2CCC(C(=O)O)CC2)cc1. The van der Waals surface area contributed by atoms with E-state index in [1.54, 1.807) is 0 Å². The third-order valence-corrected chi connectivity index (χ3v) is 4.39. The summed E-state index contributed by atoms with van der Waals surface area (Å²) in [5.41, 5.74) is 0.897. The average molecular weight is 321 g/mol. The molecule has 1 aromatic rings. The number of aliphatic hydroxyl groups is 1. The van der Waals surface area contributed by atoms with Gasteiger partial charge in [-0.1, -0.05) is 19.1 Å². The molecule has 23 heavy (non-hydrogen) atoms. The van der Waals surface area contributed by atoms with E-state index in [4.69, 9.17) is 9.84 Å². The Labute approximate surface area is 137 Å². The lowest BCUT2D eigenvalue weighted by molar-refractivity contribution is -0.143. The average Bonchev–Trinajstić information content (AvgIpc) is 2.58. The molecular weight excluding hydrogens is 294 g/mol. The minimum absolute atomic E-state index is 0.202. The minimum Gasteiger partial charge on any atom is -0.494 e. The summed E-state index contributed by atoms with van der Waals surface area (Å²) >= 11 is 0. The monoisotopic (exact) mass is 321 g/mol. The van der Waals surface area contributed by atoms with Crippen LogP contribution >= 0.6 is 0 Å². The lowest BCUT2D eigenvalue weighted by Gasteiger charge is -2.30. The molecule has 1 fully saturated rings. The van der Waals surface area contributed by atoms with Crippen LogP contribution in [0, 0.1) is 5.92 Å². The number of rotatable bonds is 8. The van der Waals surface area contributed by atoms with Crippen LogP contribution in [0.5, 0.6) is 5.75 Å². The van der Waals surface area contributed by atoms with Gasteiger partial charge in [-0.2, -0.15) is 0 Å². The zero-order chi connectivity index (χ0) is 16.7. The Hall–Kier alpha value is -1.59. The van der Waals surface area contributed by atoms with E-state index < -0.39 is 12.1 Å². The van der Waals surface area contributed by atoms with Gasteiger partial charge in [0.05, 0.1) is 18.6 Å². The molecule has 0 spiro atoms. The van der Waals surface area contributed by atoms with E-state index in [1.165, 1.54) is 0 Å². The van der Waals surface area contributed by atoms with E-state index in [2.05, 4.69) is 11.8 Å². The number of likely N-dealkylation sites (tertiary alicyclic amines) is 1. The van der Waals surface area contributed by atoms with Crippen LogP contribution in [-0.2, 0) is 4.79 Å². The maximum absolute atomic E-state index is 10.9. The molecule has 5 nitrogen and oxygen atoms in total. The summed E-state index contributed by atoms with van der Waals surface area (Å²) in [5.74, 6) is -0.0551. The van der Waals surface area contributed by atoms with E-state index in [0.717, 1.165) is 37.4 Å². The second-order valence-electron chi connectivity index (χ2n) is 6.18. The van der Waals surface area contributed by atoms with Crippen LogP contribution in [0.15, 0.2) is 24.3 Å². The Morgan fingerprint density at radius 2 is 1.96 bits per heavy atom. The summed E-state index contributed by atoms with van der Waals surface area (Å²) in [4.78, 5) is 13.2. The molecule has 1 atom stereocenters. The molecule has 1 aliphatic heterocycles. The van der Waals surface area contributed by atoms with E-state index in [9.17, 15) is 9.90 Å². The Morgan fingerprint density at radius 1 is 1.30 bits per heavy atom. The third-order valence-electron chi connectivity index (χ3n) is 4.39. The highest BCUT2D eigenvalue weighted by atomic mass is 16.5. The predicted octanol–water partition coefficient (Wildman–Crippen LogP) is 2.70. The Bertz CT molecular complexity index is 480. The molecule has 0 saturated carbocycles. The van der Waals surface area contributed by atoms with E-state index in [-0.39, 0.29) is 5.92 Å². The number of carboxylic acid groups (broad SMARTS) is 1. The molecular formula is C18H27NO4. The lowest BCUT2D eigenvalue weighted by Crippen LogP contribution is -2.37. The van der Waals surface area contributed by atoms with E-state index in [1.807, 2.05) is 24.3 Å². The highest BCUT2D eigenvalue weighted by molar-refractivity contribution is 5.70. The van der Waals surface area contributed by atoms with Crippen molar-refractivity contribution in [2.45, 2.75) is 38.7 Å². The summed E-state index contributed by atoms with van der Waals surface area (Å²) in [6.45, 7) is 5.16. The molecule has 1 heterocycles. The molecule has 0 radical (unpaired) electrons. The van der Waals surface area contributed by atoms with Gasteiger partial charge in [0.2, 0.25) is 0 Å². The number of hydrogen-bond donors (Lipinski definition) is 2. The Balaban J connectivity index is 1.74. The molecule has 2 rings (SSSR count). The number of aliphatic carboxylic acids is 1. The van der Waals surface area contributed by atoms with Gasteiger partial charge >= 0.3 is 5.97 Å². The fourth-order valence-corrected chi connectivity index (χ4v) is 2.88. The zero-order valence-corrected chi connectivity index (χ0v) is 13.8. The zero-order valence-electron chi connectivity index (χ0n) is 13.8. The van der Waals surface area contributed by atoms with Crippen molar-refractivity contribution in [3.05, 3.63) is 29.8 Å². The van der Waals surface area contributed by atoms with Crippen LogP contribution in [0.3, 0.4) is 0 Å². The van der Waals surface area contributed by atoms with Crippen LogP contribution in [-0.4, -0.2) is 47.3 Å². The van der Waals surface area contributed by atoms with Crippen molar-refractivity contribution < 1.29 is 19.7 Å². The molecule has 1 aromatic carbocycles. The standard InChI is InChI=1S/C18H27NO4/c1-2-13-23-16-5-3-14(4-6-16)17(20)9-12-19-10-7-15(8-11-19)18(21)22/h3-6,15,17,20H,2,7-13H2,1H3,(H,21,22). The predicted molar refractivity (Wildman–Crippen MR) is 88.6 cm³/mol. The van der Waals surface area contributed by atoms with Gasteiger partial charge in [-0.15, -0.1) is 0 Å². The molecule has 2 N–H and O–H groups in total. The van der Waals surface area contributed by atoms with Gasteiger partial charge < -0.3 is 19.8 Å². The smallest absolute Gasteiger partial charge is 0.306 e. The van der Waals surface area contributed by atoms with Crippen molar-refractivity contribution in [2.24, 2.45) is 5.92 Å². The highest BCUT2D eigenvalue weighted by Gasteiger charge is 2.24. The van der Waals surface area contributed by atoms with Crippen LogP contribution in [0.2, 0.25) is 0 Å². The normalized spacial score (nSPS) is 17.8. The van der Waals surface area contributed by atoms with E-state index >= 15 is 0 Å². The number of ether oxygens (including phenoxy) is 1. The molecule has 1 saturated heterocycles. The number of aliphatic hydroxyl groups excluding tert-OH is 1. The first kappa shape index (κ1) is 17.8. The van der Waals surface area contributed by atoms with Gasteiger partial charge in [-0.05, 0) is 56.5 Å². The van der Waals surface area contributed by atoms with Crippen molar-refractivity contribution in [2.75, 3.05) is 26.2 Å². The van der Waals surface area contributed by atoms with Gasteiger partial charge in [-0.3, -0.25) is 4.79 Å². The molecule has 0 bridgehead atoms. The number of hydrogen-bond acceptors (Lipinski definition) is 4. The fourth-order valence-electron chi connectivity index (χ4n) is 2.88. The Kier molecular flexibility index (Phi) is 6.86. The van der Waals surface area contributed by atoms with Crippen LogP contribution in [0.1, 0.15) is 44.3 Å². The maximum atomic E-state index is 10.9. The van der Waals surface area contributed by atoms with Gasteiger partial charge in [-0.25, -0.2) is 0 Å². The summed E-state index contributed by atoms with van der Waals surface area (Å²) in [6, 6.07) is 7.61. The quantitative estimate of drug-likeness (QED) is 0.770. The highest BCUT2D eigenvalue weighted by Crippen LogP contribution is 2.22. The molecule has 0 aliphatic carbocycles. The maximum Gasteiger partial charge on any atom is 0.306 e.